The molecule has 0 unspecified atom stereocenters. The van der Waals surface area contributed by atoms with Crippen LogP contribution in [-0.4, -0.2) is 33.6 Å². The third-order valence-corrected chi connectivity index (χ3v) is 4.35. The Morgan fingerprint density at radius 3 is 3.17 bits per heavy atom. The van der Waals surface area contributed by atoms with E-state index in [0.717, 1.165) is 34.6 Å². The number of aliphatic carboxylic acids is 1. The van der Waals surface area contributed by atoms with Crippen molar-refractivity contribution in [3.63, 3.8) is 0 Å². The highest BCUT2D eigenvalue weighted by atomic mass is 32.1. The summed E-state index contributed by atoms with van der Waals surface area (Å²) in [6, 6.07) is -0.456. The molecule has 0 amide bonds. The third-order valence-electron chi connectivity index (χ3n) is 3.34. The van der Waals surface area contributed by atoms with Crippen LogP contribution < -0.4 is 4.90 Å². The van der Waals surface area contributed by atoms with Gasteiger partial charge in [0.15, 0.2) is 0 Å². The Labute approximate surface area is 108 Å². The molecule has 0 aliphatic carbocycles. The average molecular weight is 263 g/mol. The lowest BCUT2D eigenvalue weighted by Crippen LogP contribution is -2.36. The molecular formula is C12H13N3O2S. The van der Waals surface area contributed by atoms with E-state index in [1.807, 2.05) is 17.2 Å². The maximum atomic E-state index is 11.3. The van der Waals surface area contributed by atoms with Gasteiger partial charge < -0.3 is 10.0 Å². The molecule has 2 aromatic heterocycles. The van der Waals surface area contributed by atoms with Crippen molar-refractivity contribution in [3.05, 3.63) is 17.3 Å². The molecule has 0 radical (unpaired) electrons. The number of hydrogen-bond acceptors (Lipinski definition) is 5. The van der Waals surface area contributed by atoms with Gasteiger partial charge in [-0.3, -0.25) is 0 Å². The van der Waals surface area contributed by atoms with E-state index in [4.69, 9.17) is 0 Å². The molecule has 1 N–H and O–H groups in total. The Morgan fingerprint density at radius 1 is 1.56 bits per heavy atom. The van der Waals surface area contributed by atoms with E-state index in [9.17, 15) is 9.90 Å². The first kappa shape index (κ1) is 11.4. The fraction of sp³-hybridized carbons (Fsp3) is 0.417. The number of carbonyl (C=O) groups is 1. The Morgan fingerprint density at radius 2 is 2.39 bits per heavy atom. The Hall–Kier alpha value is -1.69. The fourth-order valence-corrected chi connectivity index (χ4v) is 3.38. The number of aromatic nitrogens is 2. The molecule has 5 nitrogen and oxygen atoms in total. The van der Waals surface area contributed by atoms with Gasteiger partial charge in [-0.1, -0.05) is 0 Å². The number of carboxylic acids is 1. The zero-order valence-electron chi connectivity index (χ0n) is 9.96. The van der Waals surface area contributed by atoms with E-state index in [0.29, 0.717) is 6.42 Å². The quantitative estimate of drug-likeness (QED) is 0.898. The van der Waals surface area contributed by atoms with Crippen LogP contribution in [0, 0.1) is 6.92 Å². The lowest BCUT2D eigenvalue weighted by Gasteiger charge is -2.23. The van der Waals surface area contributed by atoms with Gasteiger partial charge in [0.1, 0.15) is 23.0 Å². The Balaban J connectivity index is 2.14. The van der Waals surface area contributed by atoms with Gasteiger partial charge in [-0.2, -0.15) is 0 Å². The highest BCUT2D eigenvalue weighted by molar-refractivity contribution is 7.17. The first-order valence-corrected chi connectivity index (χ1v) is 6.74. The molecule has 1 saturated heterocycles. The monoisotopic (exact) mass is 263 g/mol. The predicted molar refractivity (Wildman–Crippen MR) is 70.2 cm³/mol. The van der Waals surface area contributed by atoms with Crippen molar-refractivity contribution in [1.82, 2.24) is 9.97 Å². The van der Waals surface area contributed by atoms with Crippen LogP contribution >= 0.6 is 11.3 Å². The summed E-state index contributed by atoms with van der Waals surface area (Å²) in [5, 5.41) is 12.3. The van der Waals surface area contributed by atoms with Crippen LogP contribution in [0.1, 0.15) is 18.4 Å². The number of anilines is 1. The number of rotatable bonds is 2. The van der Waals surface area contributed by atoms with E-state index in [1.54, 1.807) is 11.3 Å². The molecule has 1 atom stereocenters. The fourth-order valence-electron chi connectivity index (χ4n) is 2.49. The number of hydrogen-bond donors (Lipinski definition) is 1. The standard InChI is InChI=1S/C12H13N3O2S/c1-7-5-18-11-9(7)10(13-6-14-11)15-4-2-3-8(15)12(16)17/h5-6,8H,2-4H2,1H3,(H,16,17)/t8-/m1/s1. The van der Waals surface area contributed by atoms with Crippen LogP contribution in [0.4, 0.5) is 5.82 Å². The summed E-state index contributed by atoms with van der Waals surface area (Å²) in [4.78, 5) is 22.6. The minimum Gasteiger partial charge on any atom is -0.480 e. The molecule has 94 valence electrons. The number of carboxylic acid groups (broad SMARTS) is 1. The molecular weight excluding hydrogens is 250 g/mol. The van der Waals surface area contributed by atoms with Crippen molar-refractivity contribution in [2.75, 3.05) is 11.4 Å². The molecule has 0 bridgehead atoms. The van der Waals surface area contributed by atoms with Crippen molar-refractivity contribution in [2.45, 2.75) is 25.8 Å². The number of nitrogens with zero attached hydrogens (tertiary/aromatic N) is 3. The average Bonchev–Trinajstić information content (AvgIpc) is 2.96. The van der Waals surface area contributed by atoms with Crippen LogP contribution in [0.2, 0.25) is 0 Å². The maximum absolute atomic E-state index is 11.3. The Bertz CT molecular complexity index is 610. The molecule has 1 aliphatic heterocycles. The van der Waals surface area contributed by atoms with E-state index in [2.05, 4.69) is 9.97 Å². The first-order chi connectivity index (χ1) is 8.68. The second-order valence-electron chi connectivity index (χ2n) is 4.49. The predicted octanol–water partition coefficient (Wildman–Crippen LogP) is 2.05. The largest absolute Gasteiger partial charge is 0.480 e. The molecule has 0 spiro atoms. The van der Waals surface area contributed by atoms with E-state index < -0.39 is 12.0 Å². The molecule has 6 heteroatoms. The highest BCUT2D eigenvalue weighted by Gasteiger charge is 2.32. The van der Waals surface area contributed by atoms with E-state index >= 15 is 0 Å². The summed E-state index contributed by atoms with van der Waals surface area (Å²) < 4.78 is 0. The smallest absolute Gasteiger partial charge is 0.326 e. The SMILES string of the molecule is Cc1csc2ncnc(N3CCC[C@@H]3C(=O)O)c12. The van der Waals surface area contributed by atoms with Gasteiger partial charge in [0.25, 0.3) is 0 Å². The second-order valence-corrected chi connectivity index (χ2v) is 5.34. The molecule has 3 heterocycles. The molecule has 1 fully saturated rings. The summed E-state index contributed by atoms with van der Waals surface area (Å²) in [6.07, 6.45) is 3.10. The molecule has 3 rings (SSSR count). The maximum Gasteiger partial charge on any atom is 0.326 e. The van der Waals surface area contributed by atoms with Gasteiger partial charge in [-0.25, -0.2) is 14.8 Å². The van der Waals surface area contributed by atoms with Gasteiger partial charge in [0.2, 0.25) is 0 Å². The second kappa shape index (κ2) is 4.20. The molecule has 0 aromatic carbocycles. The molecule has 18 heavy (non-hydrogen) atoms. The number of thiophene rings is 1. The van der Waals surface area contributed by atoms with E-state index in [-0.39, 0.29) is 0 Å². The summed E-state index contributed by atoms with van der Waals surface area (Å²) in [5.41, 5.74) is 1.11. The topological polar surface area (TPSA) is 66.3 Å². The zero-order valence-corrected chi connectivity index (χ0v) is 10.8. The summed E-state index contributed by atoms with van der Waals surface area (Å²) in [6.45, 7) is 2.76. The van der Waals surface area contributed by atoms with Crippen molar-refractivity contribution >= 4 is 33.3 Å². The molecule has 0 saturated carbocycles. The van der Waals surface area contributed by atoms with E-state index in [1.165, 1.54) is 6.33 Å². The van der Waals surface area contributed by atoms with Crippen molar-refractivity contribution < 1.29 is 9.90 Å². The molecule has 2 aromatic rings. The van der Waals surface area contributed by atoms with Gasteiger partial charge in [0.05, 0.1) is 5.39 Å². The summed E-state index contributed by atoms with van der Waals surface area (Å²) in [5.74, 6) is -0.00389. The van der Waals surface area contributed by atoms with Gasteiger partial charge in [-0.15, -0.1) is 11.3 Å². The Kier molecular flexibility index (Phi) is 2.66. The summed E-state index contributed by atoms with van der Waals surface area (Å²) in [7, 11) is 0. The lowest BCUT2D eigenvalue weighted by molar-refractivity contribution is -0.138. The van der Waals surface area contributed by atoms with Crippen LogP contribution in [0.3, 0.4) is 0 Å². The van der Waals surface area contributed by atoms with Crippen LogP contribution in [-0.2, 0) is 4.79 Å². The van der Waals surface area contributed by atoms with Crippen LogP contribution in [0.15, 0.2) is 11.7 Å². The van der Waals surface area contributed by atoms with Crippen molar-refractivity contribution in [1.29, 1.82) is 0 Å². The molecule has 1 aliphatic rings. The lowest BCUT2D eigenvalue weighted by atomic mass is 10.2. The minimum absolute atomic E-state index is 0.456. The van der Waals surface area contributed by atoms with Crippen LogP contribution in [0.25, 0.3) is 10.2 Å². The van der Waals surface area contributed by atoms with Crippen molar-refractivity contribution in [3.8, 4) is 0 Å². The van der Waals surface area contributed by atoms with Gasteiger partial charge in [-0.05, 0) is 30.7 Å². The van der Waals surface area contributed by atoms with Crippen LogP contribution in [0.5, 0.6) is 0 Å². The zero-order chi connectivity index (χ0) is 12.7. The third kappa shape index (κ3) is 1.64. The summed E-state index contributed by atoms with van der Waals surface area (Å²) >= 11 is 1.57. The highest BCUT2D eigenvalue weighted by Crippen LogP contribution is 2.34. The van der Waals surface area contributed by atoms with Gasteiger partial charge in [0, 0.05) is 6.54 Å². The first-order valence-electron chi connectivity index (χ1n) is 5.86. The number of fused-ring (bicyclic) bond motifs is 1. The normalized spacial score (nSPS) is 19.6. The van der Waals surface area contributed by atoms with Crippen molar-refractivity contribution in [2.24, 2.45) is 0 Å². The number of aryl methyl sites for hydroxylation is 1. The minimum atomic E-state index is -0.771. The van der Waals surface area contributed by atoms with Gasteiger partial charge >= 0.3 is 5.97 Å².